The van der Waals surface area contributed by atoms with E-state index in [1.165, 1.54) is 0 Å². The highest BCUT2D eigenvalue weighted by Crippen LogP contribution is 2.00. The Morgan fingerprint density at radius 3 is 2.04 bits per heavy atom. The maximum absolute atomic E-state index is 11.7. The molecule has 0 aliphatic heterocycles. The number of allylic oxidation sites excluding steroid dienone is 2. The van der Waals surface area contributed by atoms with Crippen LogP contribution in [0, 0.1) is 11.8 Å². The van der Waals surface area contributed by atoms with Crippen LogP contribution in [-0.2, 0) is 9.59 Å². The molecule has 6 nitrogen and oxygen atoms in total. The van der Waals surface area contributed by atoms with Crippen molar-refractivity contribution in [2.45, 2.75) is 40.2 Å². The minimum absolute atomic E-state index is 0.0706. The fraction of sp³-hybridized carbons (Fsp3) is 0.684. The molecule has 0 bridgehead atoms. The third kappa shape index (κ3) is 30.0. The first-order chi connectivity index (χ1) is 12.7. The molecule has 2 unspecified atom stereocenters. The lowest BCUT2D eigenvalue weighted by Crippen LogP contribution is -2.37. The van der Waals surface area contributed by atoms with Crippen molar-refractivity contribution in [1.29, 1.82) is 0 Å². The van der Waals surface area contributed by atoms with Crippen molar-refractivity contribution in [3.05, 3.63) is 24.3 Å². The summed E-state index contributed by atoms with van der Waals surface area (Å²) in [5, 5.41) is 13.8. The van der Waals surface area contributed by atoms with Crippen LogP contribution < -0.4 is 16.4 Å². The number of aliphatic carboxylic acids is 1. The Labute approximate surface area is 176 Å². The van der Waals surface area contributed by atoms with Crippen molar-refractivity contribution < 1.29 is 14.7 Å². The number of hydrogen-bond donors (Lipinski definition) is 6. The van der Waals surface area contributed by atoms with E-state index in [-0.39, 0.29) is 18.5 Å². The van der Waals surface area contributed by atoms with Gasteiger partial charge < -0.3 is 21.5 Å². The Balaban J connectivity index is -0.000000703. The molecule has 0 rings (SSSR count). The Kier molecular flexibility index (Phi) is 26.3. The summed E-state index contributed by atoms with van der Waals surface area (Å²) in [7, 11) is 1.73. The second-order valence-corrected chi connectivity index (χ2v) is 7.26. The van der Waals surface area contributed by atoms with E-state index in [2.05, 4.69) is 56.7 Å². The van der Waals surface area contributed by atoms with E-state index in [1.807, 2.05) is 25.2 Å². The van der Waals surface area contributed by atoms with Crippen LogP contribution in [0.4, 0.5) is 0 Å². The summed E-state index contributed by atoms with van der Waals surface area (Å²) < 4.78 is 0. The molecule has 0 heterocycles. The van der Waals surface area contributed by atoms with Gasteiger partial charge in [0, 0.05) is 18.3 Å². The normalized spacial score (nSPS) is 12.8. The molecule has 0 aromatic heterocycles. The van der Waals surface area contributed by atoms with E-state index in [1.54, 1.807) is 13.1 Å². The van der Waals surface area contributed by atoms with Gasteiger partial charge in [0.25, 0.3) is 0 Å². The number of carbonyl (C=O) groups is 2. The Morgan fingerprint density at radius 2 is 1.63 bits per heavy atom. The number of carboxylic acids is 1. The molecular formula is C19H39N3O3S2. The van der Waals surface area contributed by atoms with Gasteiger partial charge in [0.05, 0.1) is 5.92 Å². The van der Waals surface area contributed by atoms with Crippen LogP contribution in [0.1, 0.15) is 34.1 Å². The van der Waals surface area contributed by atoms with Crippen LogP contribution in [0.25, 0.3) is 0 Å². The SMILES string of the molecule is CC(C)C.CCS.CNCC(/C=C/C/C=C/C(N)CS)C(=O)NCC(=O)O. The van der Waals surface area contributed by atoms with Crippen molar-refractivity contribution in [2.75, 3.05) is 31.6 Å². The topological polar surface area (TPSA) is 104 Å². The molecule has 160 valence electrons. The smallest absolute Gasteiger partial charge is 0.322 e. The summed E-state index contributed by atoms with van der Waals surface area (Å²) in [4.78, 5) is 22.1. The van der Waals surface area contributed by atoms with Gasteiger partial charge in [-0.1, -0.05) is 52.0 Å². The lowest BCUT2D eigenvalue weighted by molar-refractivity contribution is -0.138. The van der Waals surface area contributed by atoms with Gasteiger partial charge >= 0.3 is 5.97 Å². The summed E-state index contributed by atoms with van der Waals surface area (Å²) in [6.45, 7) is 8.56. The highest BCUT2D eigenvalue weighted by atomic mass is 32.1. The fourth-order valence-corrected chi connectivity index (χ4v) is 1.52. The first-order valence-electron chi connectivity index (χ1n) is 9.10. The number of rotatable bonds is 10. The standard InChI is InChI=1S/C13H23N3O3S.C4H10.C2H6S/c1-15-7-10(13(19)16-8-12(17)18)5-3-2-4-6-11(14)9-20;1-4(2)3;1-2-3/h3-6,10-11,15,20H,2,7-9,14H2,1H3,(H,16,19)(H,17,18);4H,1-3H3;3H,2H2,1H3/b5-3+,6-4+;;. The summed E-state index contributed by atoms with van der Waals surface area (Å²) in [5.41, 5.74) is 5.66. The second-order valence-electron chi connectivity index (χ2n) is 6.26. The first kappa shape index (κ1) is 30.8. The third-order valence-corrected chi connectivity index (χ3v) is 2.83. The second kappa shape index (κ2) is 23.1. The molecule has 0 aromatic carbocycles. The molecule has 0 aliphatic carbocycles. The van der Waals surface area contributed by atoms with Gasteiger partial charge in [-0.05, 0) is 25.1 Å². The zero-order chi connectivity index (χ0) is 21.7. The van der Waals surface area contributed by atoms with Gasteiger partial charge in [0.1, 0.15) is 6.54 Å². The zero-order valence-corrected chi connectivity index (χ0v) is 19.1. The molecule has 5 N–H and O–H groups in total. The average Bonchev–Trinajstić information content (AvgIpc) is 2.58. The minimum Gasteiger partial charge on any atom is -0.480 e. The Hall–Kier alpha value is -0.960. The van der Waals surface area contributed by atoms with E-state index in [4.69, 9.17) is 10.8 Å². The van der Waals surface area contributed by atoms with Crippen LogP contribution in [0.5, 0.6) is 0 Å². The lowest BCUT2D eigenvalue weighted by Gasteiger charge is -2.11. The largest absolute Gasteiger partial charge is 0.480 e. The van der Waals surface area contributed by atoms with Gasteiger partial charge in [-0.3, -0.25) is 9.59 Å². The van der Waals surface area contributed by atoms with Gasteiger partial charge in [-0.25, -0.2) is 0 Å². The molecule has 0 radical (unpaired) electrons. The quantitative estimate of drug-likeness (QED) is 0.240. The fourth-order valence-electron chi connectivity index (χ4n) is 1.40. The molecule has 0 fully saturated rings. The third-order valence-electron chi connectivity index (χ3n) is 2.41. The Morgan fingerprint density at radius 1 is 1.15 bits per heavy atom. The number of carbonyl (C=O) groups excluding carboxylic acids is 1. The molecule has 0 aliphatic rings. The summed E-state index contributed by atoms with van der Waals surface area (Å²) >= 11 is 7.85. The number of amides is 1. The molecule has 27 heavy (non-hydrogen) atoms. The average molecular weight is 422 g/mol. The lowest BCUT2D eigenvalue weighted by atomic mass is 10.1. The van der Waals surface area contributed by atoms with Gasteiger partial charge in [-0.15, -0.1) is 0 Å². The number of nitrogens with one attached hydrogen (secondary N) is 2. The first-order valence-corrected chi connectivity index (χ1v) is 10.4. The zero-order valence-electron chi connectivity index (χ0n) is 17.3. The van der Waals surface area contributed by atoms with Crippen molar-refractivity contribution >= 4 is 37.1 Å². The van der Waals surface area contributed by atoms with Crippen molar-refractivity contribution in [3.8, 4) is 0 Å². The van der Waals surface area contributed by atoms with Crippen LogP contribution in [0.15, 0.2) is 24.3 Å². The van der Waals surface area contributed by atoms with Crippen LogP contribution >= 0.6 is 25.3 Å². The number of thiol groups is 2. The van der Waals surface area contributed by atoms with Gasteiger partial charge in [0.15, 0.2) is 0 Å². The summed E-state index contributed by atoms with van der Waals surface area (Å²) in [6, 6.07) is -0.0706. The highest BCUT2D eigenvalue weighted by molar-refractivity contribution is 7.80. The molecule has 0 aromatic rings. The molecule has 0 saturated heterocycles. The van der Waals surface area contributed by atoms with Gasteiger partial charge in [-0.2, -0.15) is 25.3 Å². The molecule has 0 spiro atoms. The maximum Gasteiger partial charge on any atom is 0.322 e. The number of nitrogens with two attached hydrogens (primary N) is 1. The minimum atomic E-state index is -1.06. The van der Waals surface area contributed by atoms with Crippen molar-refractivity contribution in [1.82, 2.24) is 10.6 Å². The molecule has 1 amide bonds. The van der Waals surface area contributed by atoms with Crippen LogP contribution in [-0.4, -0.2) is 54.7 Å². The van der Waals surface area contributed by atoms with Crippen LogP contribution in [0.3, 0.4) is 0 Å². The number of carboxylic acid groups (broad SMARTS) is 1. The number of hydrogen-bond acceptors (Lipinski definition) is 6. The molecule has 2 atom stereocenters. The predicted molar refractivity (Wildman–Crippen MR) is 123 cm³/mol. The molecule has 0 saturated carbocycles. The van der Waals surface area contributed by atoms with Crippen LogP contribution in [0.2, 0.25) is 0 Å². The Bertz CT molecular complexity index is 414. The maximum atomic E-state index is 11.7. The molecule has 8 heteroatoms. The highest BCUT2D eigenvalue weighted by Gasteiger charge is 2.14. The summed E-state index contributed by atoms with van der Waals surface area (Å²) in [5.74, 6) is 0.592. The van der Waals surface area contributed by atoms with E-state index < -0.39 is 11.9 Å². The van der Waals surface area contributed by atoms with Crippen molar-refractivity contribution in [3.63, 3.8) is 0 Å². The van der Waals surface area contributed by atoms with E-state index in [0.29, 0.717) is 18.7 Å². The van der Waals surface area contributed by atoms with E-state index in [0.717, 1.165) is 11.7 Å². The predicted octanol–water partition coefficient (Wildman–Crippen LogP) is 2.38. The summed E-state index contributed by atoms with van der Waals surface area (Å²) in [6.07, 6.45) is 8.03. The van der Waals surface area contributed by atoms with Crippen molar-refractivity contribution in [2.24, 2.45) is 17.6 Å². The van der Waals surface area contributed by atoms with E-state index >= 15 is 0 Å². The van der Waals surface area contributed by atoms with E-state index in [9.17, 15) is 9.59 Å². The monoisotopic (exact) mass is 421 g/mol. The van der Waals surface area contributed by atoms with Gasteiger partial charge in [0.2, 0.25) is 5.91 Å². The molecular weight excluding hydrogens is 382 g/mol.